The number of nitrogens with one attached hydrogen (secondary N) is 1. The lowest BCUT2D eigenvalue weighted by Crippen LogP contribution is -2.36. The Morgan fingerprint density at radius 1 is 1.32 bits per heavy atom. The zero-order chi connectivity index (χ0) is 15.4. The smallest absolute Gasteiger partial charge is 0.173 e. The lowest BCUT2D eigenvalue weighted by Gasteiger charge is -2.26. The summed E-state index contributed by atoms with van der Waals surface area (Å²) in [5.41, 5.74) is 2.17. The highest BCUT2D eigenvalue weighted by molar-refractivity contribution is 7.80. The molecule has 1 aliphatic carbocycles. The number of nitrogens with zero attached hydrogens (tertiary/aromatic N) is 2. The van der Waals surface area contributed by atoms with E-state index in [4.69, 9.17) is 17.0 Å². The second-order valence-corrected chi connectivity index (χ2v) is 5.76. The van der Waals surface area contributed by atoms with Gasteiger partial charge in [-0.25, -0.2) is 0 Å². The van der Waals surface area contributed by atoms with Crippen LogP contribution in [-0.4, -0.2) is 28.1 Å². The minimum atomic E-state index is 0.541. The number of ether oxygens (including phenoxy) is 1. The number of rotatable bonds is 5. The molecule has 0 spiro atoms. The first-order chi connectivity index (χ1) is 10.8. The molecule has 22 heavy (non-hydrogen) atoms. The summed E-state index contributed by atoms with van der Waals surface area (Å²) in [4.78, 5) is 6.32. The molecule has 1 saturated carbocycles. The largest absolute Gasteiger partial charge is 0.497 e. The molecule has 1 fully saturated rings. The molecule has 1 heterocycles. The molecular formula is C17H19N3OS. The highest BCUT2D eigenvalue weighted by Gasteiger charge is 2.30. The summed E-state index contributed by atoms with van der Waals surface area (Å²) < 4.78 is 5.25. The van der Waals surface area contributed by atoms with Crippen LogP contribution in [0.1, 0.15) is 18.4 Å². The van der Waals surface area contributed by atoms with Crippen molar-refractivity contribution in [3.05, 3.63) is 54.4 Å². The summed E-state index contributed by atoms with van der Waals surface area (Å²) in [6, 6.07) is 12.4. The zero-order valence-corrected chi connectivity index (χ0v) is 13.3. The Morgan fingerprint density at radius 3 is 2.77 bits per heavy atom. The maximum atomic E-state index is 5.61. The minimum Gasteiger partial charge on any atom is -0.497 e. The van der Waals surface area contributed by atoms with E-state index in [1.807, 2.05) is 48.8 Å². The summed E-state index contributed by atoms with van der Waals surface area (Å²) in [6.45, 7) is 0.809. The highest BCUT2D eigenvalue weighted by atomic mass is 32.1. The first-order valence-corrected chi connectivity index (χ1v) is 7.77. The van der Waals surface area contributed by atoms with Crippen LogP contribution >= 0.6 is 12.2 Å². The molecule has 0 unspecified atom stereocenters. The summed E-state index contributed by atoms with van der Waals surface area (Å²) in [7, 11) is 1.66. The minimum absolute atomic E-state index is 0.541. The third kappa shape index (κ3) is 3.74. The van der Waals surface area contributed by atoms with Crippen LogP contribution in [0.5, 0.6) is 5.75 Å². The van der Waals surface area contributed by atoms with Crippen molar-refractivity contribution in [1.29, 1.82) is 0 Å². The van der Waals surface area contributed by atoms with E-state index in [1.54, 1.807) is 7.11 Å². The highest BCUT2D eigenvalue weighted by Crippen LogP contribution is 2.29. The van der Waals surface area contributed by atoms with Gasteiger partial charge in [0.25, 0.3) is 0 Å². The van der Waals surface area contributed by atoms with Gasteiger partial charge >= 0.3 is 0 Å². The van der Waals surface area contributed by atoms with Gasteiger partial charge in [0.2, 0.25) is 0 Å². The first-order valence-electron chi connectivity index (χ1n) is 7.37. The molecule has 5 heteroatoms. The maximum Gasteiger partial charge on any atom is 0.173 e. The standard InChI is InChI=1S/C17H19N3OS/c1-21-16-4-2-3-14(11-16)19-17(22)20(15-5-6-15)12-13-7-9-18-10-8-13/h2-4,7-11,15H,5-6,12H2,1H3,(H,19,22). The number of hydrogen-bond acceptors (Lipinski definition) is 3. The lowest BCUT2D eigenvalue weighted by molar-refractivity contribution is 0.408. The average Bonchev–Trinajstić information content (AvgIpc) is 3.38. The van der Waals surface area contributed by atoms with Gasteiger partial charge in [0, 0.05) is 36.7 Å². The molecule has 1 N–H and O–H groups in total. The Bertz CT molecular complexity index is 643. The van der Waals surface area contributed by atoms with Crippen molar-refractivity contribution >= 4 is 23.0 Å². The number of aromatic nitrogens is 1. The molecular weight excluding hydrogens is 294 g/mol. The molecule has 0 aliphatic heterocycles. The van der Waals surface area contributed by atoms with Crippen LogP contribution in [0.3, 0.4) is 0 Å². The van der Waals surface area contributed by atoms with Crippen LogP contribution in [-0.2, 0) is 6.54 Å². The number of methoxy groups -OCH3 is 1. The second-order valence-electron chi connectivity index (χ2n) is 5.38. The first kappa shape index (κ1) is 14.8. The van der Waals surface area contributed by atoms with Crippen LogP contribution in [0.4, 0.5) is 5.69 Å². The molecule has 0 saturated heterocycles. The van der Waals surface area contributed by atoms with E-state index < -0.39 is 0 Å². The summed E-state index contributed by atoms with van der Waals surface area (Å²) in [5.74, 6) is 0.819. The third-order valence-corrected chi connectivity index (χ3v) is 4.01. The molecule has 4 nitrogen and oxygen atoms in total. The van der Waals surface area contributed by atoms with Gasteiger partial charge in [-0.05, 0) is 54.9 Å². The second kappa shape index (κ2) is 6.75. The Hall–Kier alpha value is -2.14. The molecule has 1 aromatic carbocycles. The molecule has 0 atom stereocenters. The predicted octanol–water partition coefficient (Wildman–Crippen LogP) is 3.45. The Morgan fingerprint density at radius 2 is 2.09 bits per heavy atom. The fourth-order valence-corrected chi connectivity index (χ4v) is 2.67. The number of anilines is 1. The van der Waals surface area contributed by atoms with Gasteiger partial charge in [0.15, 0.2) is 5.11 Å². The molecule has 114 valence electrons. The van der Waals surface area contributed by atoms with E-state index in [2.05, 4.69) is 15.2 Å². The van der Waals surface area contributed by atoms with Crippen molar-refractivity contribution in [1.82, 2.24) is 9.88 Å². The quantitative estimate of drug-likeness (QED) is 0.856. The lowest BCUT2D eigenvalue weighted by atomic mass is 10.2. The van der Waals surface area contributed by atoms with Gasteiger partial charge in [-0.3, -0.25) is 4.98 Å². The van der Waals surface area contributed by atoms with Gasteiger partial charge in [-0.1, -0.05) is 6.07 Å². The molecule has 1 aromatic heterocycles. The molecule has 2 aromatic rings. The normalized spacial score (nSPS) is 13.5. The van der Waals surface area contributed by atoms with E-state index in [-0.39, 0.29) is 0 Å². The summed E-state index contributed by atoms with van der Waals surface area (Å²) in [6.07, 6.45) is 6.04. The SMILES string of the molecule is COc1cccc(NC(=S)N(Cc2ccncc2)C2CC2)c1. The van der Waals surface area contributed by atoms with Crippen molar-refractivity contribution in [3.8, 4) is 5.75 Å². The number of hydrogen-bond donors (Lipinski definition) is 1. The Labute approximate surface area is 136 Å². The van der Waals surface area contributed by atoms with Gasteiger partial charge in [0.05, 0.1) is 7.11 Å². The third-order valence-electron chi connectivity index (χ3n) is 3.67. The number of benzene rings is 1. The van der Waals surface area contributed by atoms with Crippen LogP contribution in [0.25, 0.3) is 0 Å². The van der Waals surface area contributed by atoms with Gasteiger partial charge in [-0.15, -0.1) is 0 Å². The molecule has 0 bridgehead atoms. The van der Waals surface area contributed by atoms with Crippen LogP contribution in [0.2, 0.25) is 0 Å². The Kier molecular flexibility index (Phi) is 4.53. The van der Waals surface area contributed by atoms with Crippen LogP contribution in [0, 0.1) is 0 Å². The molecule has 0 radical (unpaired) electrons. The van der Waals surface area contributed by atoms with E-state index >= 15 is 0 Å². The van der Waals surface area contributed by atoms with Crippen molar-refractivity contribution in [2.75, 3.05) is 12.4 Å². The maximum absolute atomic E-state index is 5.61. The topological polar surface area (TPSA) is 37.4 Å². The van der Waals surface area contributed by atoms with Crippen molar-refractivity contribution in [3.63, 3.8) is 0 Å². The van der Waals surface area contributed by atoms with Gasteiger partial charge in [0.1, 0.15) is 5.75 Å². The van der Waals surface area contributed by atoms with E-state index in [9.17, 15) is 0 Å². The van der Waals surface area contributed by atoms with Crippen molar-refractivity contribution < 1.29 is 4.74 Å². The van der Waals surface area contributed by atoms with E-state index in [0.717, 1.165) is 23.1 Å². The van der Waals surface area contributed by atoms with E-state index in [1.165, 1.54) is 18.4 Å². The fraction of sp³-hybridized carbons (Fsp3) is 0.294. The monoisotopic (exact) mass is 313 g/mol. The fourth-order valence-electron chi connectivity index (χ4n) is 2.33. The zero-order valence-electron chi connectivity index (χ0n) is 12.5. The van der Waals surface area contributed by atoms with Crippen LogP contribution in [0.15, 0.2) is 48.8 Å². The average molecular weight is 313 g/mol. The predicted molar refractivity (Wildman–Crippen MR) is 92.0 cm³/mol. The van der Waals surface area contributed by atoms with Crippen molar-refractivity contribution in [2.24, 2.45) is 0 Å². The van der Waals surface area contributed by atoms with E-state index in [0.29, 0.717) is 6.04 Å². The van der Waals surface area contributed by atoms with Crippen molar-refractivity contribution in [2.45, 2.75) is 25.4 Å². The molecule has 3 rings (SSSR count). The van der Waals surface area contributed by atoms with Gasteiger partial charge in [-0.2, -0.15) is 0 Å². The summed E-state index contributed by atoms with van der Waals surface area (Å²) in [5, 5.41) is 4.08. The number of thiocarbonyl (C=S) groups is 1. The van der Waals surface area contributed by atoms with Crippen LogP contribution < -0.4 is 10.1 Å². The van der Waals surface area contributed by atoms with Gasteiger partial charge < -0.3 is 15.0 Å². The Balaban J connectivity index is 1.70. The summed E-state index contributed by atoms with van der Waals surface area (Å²) >= 11 is 5.61. The molecule has 0 amide bonds. The molecule has 1 aliphatic rings. The number of pyridine rings is 1.